The molecule has 0 bridgehead atoms. The minimum atomic E-state index is -0.281. The van der Waals surface area contributed by atoms with Crippen LogP contribution in [0.5, 0.6) is 0 Å². The molecule has 0 saturated carbocycles. The third kappa shape index (κ3) is 3.51. The van der Waals surface area contributed by atoms with Crippen LogP contribution in [0.3, 0.4) is 0 Å². The zero-order valence-electron chi connectivity index (χ0n) is 15.0. The van der Waals surface area contributed by atoms with Gasteiger partial charge < -0.3 is 14.8 Å². The average molecular weight is 396 g/mol. The van der Waals surface area contributed by atoms with E-state index in [2.05, 4.69) is 4.98 Å². The number of benzene rings is 2. The molecule has 142 valence electrons. The largest absolute Gasteiger partial charge is 0.335 e. The van der Waals surface area contributed by atoms with Gasteiger partial charge in [0.25, 0.3) is 17.4 Å². The molecule has 1 aliphatic heterocycles. The summed E-state index contributed by atoms with van der Waals surface area (Å²) in [6, 6.07) is 15.7. The summed E-state index contributed by atoms with van der Waals surface area (Å²) >= 11 is 5.96. The van der Waals surface area contributed by atoms with Gasteiger partial charge in [0.05, 0.1) is 0 Å². The number of pyridine rings is 1. The summed E-state index contributed by atoms with van der Waals surface area (Å²) in [5, 5.41) is 1.79. The number of nitrogens with zero attached hydrogens (tertiary/aromatic N) is 2. The number of rotatable bonds is 2. The van der Waals surface area contributed by atoms with E-state index in [4.69, 9.17) is 11.6 Å². The number of hydrogen-bond acceptors (Lipinski definition) is 3. The van der Waals surface area contributed by atoms with Crippen LogP contribution in [-0.4, -0.2) is 52.8 Å². The predicted octanol–water partition coefficient (Wildman–Crippen LogP) is 2.78. The van der Waals surface area contributed by atoms with Crippen LogP contribution in [0.15, 0.2) is 59.4 Å². The minimum absolute atomic E-state index is 0.103. The molecule has 2 aromatic carbocycles. The number of carbonyl (C=O) groups is 2. The van der Waals surface area contributed by atoms with E-state index in [9.17, 15) is 14.4 Å². The van der Waals surface area contributed by atoms with Crippen molar-refractivity contribution in [1.29, 1.82) is 0 Å². The van der Waals surface area contributed by atoms with Crippen molar-refractivity contribution in [2.24, 2.45) is 0 Å². The van der Waals surface area contributed by atoms with Gasteiger partial charge in [-0.15, -0.1) is 0 Å². The summed E-state index contributed by atoms with van der Waals surface area (Å²) in [4.78, 5) is 43.7. The Bertz CT molecular complexity index is 1120. The van der Waals surface area contributed by atoms with Crippen molar-refractivity contribution in [3.05, 3.63) is 81.2 Å². The smallest absolute Gasteiger partial charge is 0.270 e. The zero-order chi connectivity index (χ0) is 19.7. The molecule has 2 amide bonds. The van der Waals surface area contributed by atoms with Crippen LogP contribution >= 0.6 is 11.6 Å². The summed E-state index contributed by atoms with van der Waals surface area (Å²) in [5.41, 5.74) is 0.515. The molecular weight excluding hydrogens is 378 g/mol. The Morgan fingerprint density at radius 2 is 1.54 bits per heavy atom. The number of fused-ring (bicyclic) bond motifs is 1. The standard InChI is InChI=1S/C21H18ClN3O3/c22-16-6-3-5-15(12-16)20(27)24-8-10-25(11-9-24)21(28)18-13-14-4-1-2-7-17(14)19(26)23-18/h1-7,12-13H,8-11H2,(H,23,26). The second-order valence-electron chi connectivity index (χ2n) is 6.69. The Morgan fingerprint density at radius 3 is 2.25 bits per heavy atom. The number of amides is 2. The van der Waals surface area contributed by atoms with Gasteiger partial charge in [-0.1, -0.05) is 35.9 Å². The first-order valence-corrected chi connectivity index (χ1v) is 9.37. The van der Waals surface area contributed by atoms with Crippen molar-refractivity contribution in [2.75, 3.05) is 26.2 Å². The van der Waals surface area contributed by atoms with Crippen molar-refractivity contribution in [1.82, 2.24) is 14.8 Å². The third-order valence-corrected chi connectivity index (χ3v) is 5.14. The molecule has 1 aliphatic rings. The van der Waals surface area contributed by atoms with E-state index >= 15 is 0 Å². The number of aromatic nitrogens is 1. The maximum absolute atomic E-state index is 12.8. The summed E-state index contributed by atoms with van der Waals surface area (Å²) in [6.07, 6.45) is 0. The lowest BCUT2D eigenvalue weighted by Gasteiger charge is -2.34. The highest BCUT2D eigenvalue weighted by Gasteiger charge is 2.26. The topological polar surface area (TPSA) is 73.5 Å². The molecule has 0 aliphatic carbocycles. The van der Waals surface area contributed by atoms with E-state index in [0.29, 0.717) is 42.2 Å². The number of halogens is 1. The van der Waals surface area contributed by atoms with Crippen molar-refractivity contribution < 1.29 is 9.59 Å². The first-order chi connectivity index (χ1) is 13.5. The van der Waals surface area contributed by atoms with Crippen molar-refractivity contribution in [3.63, 3.8) is 0 Å². The second kappa shape index (κ2) is 7.48. The van der Waals surface area contributed by atoms with Gasteiger partial charge in [0, 0.05) is 42.2 Å². The van der Waals surface area contributed by atoms with Crippen LogP contribution in [0.2, 0.25) is 5.02 Å². The quantitative estimate of drug-likeness (QED) is 0.725. The van der Waals surface area contributed by atoms with Gasteiger partial charge in [-0.2, -0.15) is 0 Å². The number of piperazine rings is 1. The zero-order valence-corrected chi connectivity index (χ0v) is 15.8. The lowest BCUT2D eigenvalue weighted by atomic mass is 10.1. The van der Waals surface area contributed by atoms with Crippen LogP contribution in [0.4, 0.5) is 0 Å². The molecule has 1 aromatic heterocycles. The minimum Gasteiger partial charge on any atom is -0.335 e. The van der Waals surface area contributed by atoms with Crippen LogP contribution < -0.4 is 5.56 Å². The Balaban J connectivity index is 1.47. The highest BCUT2D eigenvalue weighted by molar-refractivity contribution is 6.30. The predicted molar refractivity (Wildman–Crippen MR) is 108 cm³/mol. The van der Waals surface area contributed by atoms with E-state index < -0.39 is 0 Å². The Labute approximate surface area is 166 Å². The van der Waals surface area contributed by atoms with Crippen LogP contribution in [0.1, 0.15) is 20.8 Å². The van der Waals surface area contributed by atoms with Crippen molar-refractivity contribution in [3.8, 4) is 0 Å². The van der Waals surface area contributed by atoms with Gasteiger partial charge in [0.2, 0.25) is 0 Å². The highest BCUT2D eigenvalue weighted by atomic mass is 35.5. The molecule has 7 heteroatoms. The van der Waals surface area contributed by atoms with Gasteiger partial charge in [0.1, 0.15) is 5.69 Å². The lowest BCUT2D eigenvalue weighted by Crippen LogP contribution is -2.50. The SMILES string of the molecule is O=C(c1cccc(Cl)c1)N1CCN(C(=O)c2cc3ccccc3c(=O)[nH]2)CC1. The normalized spacial score (nSPS) is 14.3. The summed E-state index contributed by atoms with van der Waals surface area (Å²) in [5.74, 6) is -0.341. The molecule has 4 rings (SSSR count). The summed E-state index contributed by atoms with van der Waals surface area (Å²) < 4.78 is 0. The van der Waals surface area contributed by atoms with Gasteiger partial charge in [0.15, 0.2) is 0 Å². The first-order valence-electron chi connectivity index (χ1n) is 8.99. The van der Waals surface area contributed by atoms with Crippen molar-refractivity contribution in [2.45, 2.75) is 0 Å². The van der Waals surface area contributed by atoms with Gasteiger partial charge in [-0.05, 0) is 35.7 Å². The number of hydrogen-bond donors (Lipinski definition) is 1. The Morgan fingerprint density at radius 1 is 0.857 bits per heavy atom. The van der Waals surface area contributed by atoms with E-state index in [1.165, 1.54) is 0 Å². The highest BCUT2D eigenvalue weighted by Crippen LogP contribution is 2.16. The fraction of sp³-hybridized carbons (Fsp3) is 0.190. The first kappa shape index (κ1) is 18.3. The average Bonchev–Trinajstić information content (AvgIpc) is 2.73. The monoisotopic (exact) mass is 395 g/mol. The Hall–Kier alpha value is -3.12. The molecule has 3 aromatic rings. The fourth-order valence-corrected chi connectivity index (χ4v) is 3.60. The molecule has 28 heavy (non-hydrogen) atoms. The number of H-pyrrole nitrogens is 1. The van der Waals surface area contributed by atoms with Crippen LogP contribution in [-0.2, 0) is 0 Å². The van der Waals surface area contributed by atoms with Crippen molar-refractivity contribution >= 4 is 34.2 Å². The number of nitrogens with one attached hydrogen (secondary N) is 1. The number of carbonyl (C=O) groups excluding carboxylic acids is 2. The molecular formula is C21H18ClN3O3. The van der Waals surface area contributed by atoms with E-state index in [1.54, 1.807) is 52.3 Å². The lowest BCUT2D eigenvalue weighted by molar-refractivity contribution is 0.0532. The van der Waals surface area contributed by atoms with E-state index in [1.807, 2.05) is 12.1 Å². The second-order valence-corrected chi connectivity index (χ2v) is 7.13. The number of aromatic amines is 1. The molecule has 1 N–H and O–H groups in total. The summed E-state index contributed by atoms with van der Waals surface area (Å²) in [7, 11) is 0. The molecule has 0 spiro atoms. The maximum atomic E-state index is 12.8. The van der Waals surface area contributed by atoms with Gasteiger partial charge in [-0.3, -0.25) is 14.4 Å². The molecule has 0 radical (unpaired) electrons. The molecule has 0 atom stereocenters. The third-order valence-electron chi connectivity index (χ3n) is 4.91. The molecule has 0 unspecified atom stereocenters. The molecule has 1 fully saturated rings. The summed E-state index contributed by atoms with van der Waals surface area (Å²) in [6.45, 7) is 1.66. The molecule has 2 heterocycles. The maximum Gasteiger partial charge on any atom is 0.270 e. The van der Waals surface area contributed by atoms with Crippen LogP contribution in [0.25, 0.3) is 10.8 Å². The van der Waals surface area contributed by atoms with Gasteiger partial charge >= 0.3 is 0 Å². The van der Waals surface area contributed by atoms with E-state index in [-0.39, 0.29) is 23.1 Å². The van der Waals surface area contributed by atoms with Crippen LogP contribution in [0, 0.1) is 0 Å². The van der Waals surface area contributed by atoms with Gasteiger partial charge in [-0.25, -0.2) is 0 Å². The molecule has 6 nitrogen and oxygen atoms in total. The fourth-order valence-electron chi connectivity index (χ4n) is 3.41. The molecule has 1 saturated heterocycles. The van der Waals surface area contributed by atoms with E-state index in [0.717, 1.165) is 5.39 Å². The Kier molecular flexibility index (Phi) is 4.88.